The van der Waals surface area contributed by atoms with E-state index in [0.29, 0.717) is 16.8 Å². The molecule has 2 heterocycles. The number of aliphatic hydroxyl groups excluding tert-OH is 1. The highest BCUT2D eigenvalue weighted by Gasteiger charge is 2.27. The van der Waals surface area contributed by atoms with Gasteiger partial charge in [-0.2, -0.15) is 0 Å². The highest BCUT2D eigenvalue weighted by molar-refractivity contribution is 6.31. The number of fused-ring (bicyclic) bond motifs is 1. The first-order valence-corrected chi connectivity index (χ1v) is 10.0. The summed E-state index contributed by atoms with van der Waals surface area (Å²) in [5.41, 5.74) is 3.27. The molecule has 2 aromatic carbocycles. The van der Waals surface area contributed by atoms with Crippen LogP contribution in [0.15, 0.2) is 65.5 Å². The third kappa shape index (κ3) is 4.05. The molecule has 32 heavy (non-hydrogen) atoms. The highest BCUT2D eigenvalue weighted by atomic mass is 16.7. The fourth-order valence-corrected chi connectivity index (χ4v) is 3.72. The van der Waals surface area contributed by atoms with Crippen molar-refractivity contribution in [1.29, 1.82) is 0 Å². The molecule has 8 heteroatoms. The van der Waals surface area contributed by atoms with Gasteiger partial charge in [-0.25, -0.2) is 4.79 Å². The van der Waals surface area contributed by atoms with Crippen molar-refractivity contribution in [2.24, 2.45) is 5.16 Å². The van der Waals surface area contributed by atoms with Gasteiger partial charge in [0.15, 0.2) is 6.29 Å². The van der Waals surface area contributed by atoms with Crippen LogP contribution in [-0.2, 0) is 19.2 Å². The standard InChI is InChI=1S/C24H22N2O6/c1-14(11-21(27)31-2)26-13-17(18-5-3-4-6-20(18)26)12-19-22(25-32-24(19)30)15-7-9-16(10-8-15)23(28)29/h3-10,12-14,23,28-29H,11H2,1-2H3. The molecule has 1 aliphatic rings. The molecule has 1 atom stereocenters. The van der Waals surface area contributed by atoms with E-state index in [1.54, 1.807) is 30.3 Å². The van der Waals surface area contributed by atoms with Gasteiger partial charge in [0.2, 0.25) is 0 Å². The van der Waals surface area contributed by atoms with Gasteiger partial charge < -0.3 is 24.4 Å². The number of aliphatic hydroxyl groups is 2. The molecule has 0 spiro atoms. The average molecular weight is 434 g/mol. The lowest BCUT2D eigenvalue weighted by Gasteiger charge is -2.13. The second-order valence-electron chi connectivity index (χ2n) is 7.51. The van der Waals surface area contributed by atoms with Crippen LogP contribution >= 0.6 is 0 Å². The van der Waals surface area contributed by atoms with Crippen molar-refractivity contribution in [3.63, 3.8) is 0 Å². The molecule has 0 aliphatic carbocycles. The maximum absolute atomic E-state index is 12.4. The van der Waals surface area contributed by atoms with Crippen LogP contribution in [0.4, 0.5) is 0 Å². The molecule has 4 rings (SSSR count). The van der Waals surface area contributed by atoms with Gasteiger partial charge in [-0.3, -0.25) is 4.79 Å². The Morgan fingerprint density at radius 3 is 2.59 bits per heavy atom. The summed E-state index contributed by atoms with van der Waals surface area (Å²) in [6.07, 6.45) is 2.23. The Bertz CT molecular complexity index is 1240. The number of nitrogens with zero attached hydrogens (tertiary/aromatic N) is 2. The number of benzene rings is 2. The molecule has 8 nitrogen and oxygen atoms in total. The minimum absolute atomic E-state index is 0.152. The van der Waals surface area contributed by atoms with Crippen molar-refractivity contribution in [2.45, 2.75) is 25.7 Å². The van der Waals surface area contributed by atoms with Crippen LogP contribution in [0, 0.1) is 0 Å². The number of rotatable bonds is 6. The van der Waals surface area contributed by atoms with Crippen LogP contribution in [0.1, 0.15) is 42.4 Å². The van der Waals surface area contributed by atoms with E-state index >= 15 is 0 Å². The molecule has 2 N–H and O–H groups in total. The number of ether oxygens (including phenoxy) is 1. The summed E-state index contributed by atoms with van der Waals surface area (Å²) >= 11 is 0. The molecule has 0 saturated carbocycles. The van der Waals surface area contributed by atoms with Crippen LogP contribution < -0.4 is 0 Å². The zero-order valence-corrected chi connectivity index (χ0v) is 17.6. The molecule has 1 aliphatic heterocycles. The second kappa shape index (κ2) is 8.78. The van der Waals surface area contributed by atoms with E-state index < -0.39 is 12.3 Å². The van der Waals surface area contributed by atoms with Gasteiger partial charge in [0.05, 0.1) is 19.1 Å². The molecule has 0 radical (unpaired) electrons. The van der Waals surface area contributed by atoms with E-state index in [0.717, 1.165) is 16.5 Å². The lowest BCUT2D eigenvalue weighted by molar-refractivity contribution is -0.141. The lowest BCUT2D eigenvalue weighted by Crippen LogP contribution is -2.11. The minimum atomic E-state index is -1.58. The van der Waals surface area contributed by atoms with E-state index in [1.165, 1.54) is 7.11 Å². The molecule has 0 bridgehead atoms. The smallest absolute Gasteiger partial charge is 0.368 e. The topological polar surface area (TPSA) is 110 Å². The SMILES string of the molecule is COC(=O)CC(C)n1cc(C=C2C(=O)ON=C2c2ccc(C(O)O)cc2)c2ccccc21. The van der Waals surface area contributed by atoms with Gasteiger partial charge in [0.25, 0.3) is 0 Å². The molecule has 0 fully saturated rings. The fraction of sp³-hybridized carbons (Fsp3) is 0.208. The Hall–Kier alpha value is -3.75. The predicted molar refractivity (Wildman–Crippen MR) is 118 cm³/mol. The van der Waals surface area contributed by atoms with E-state index in [4.69, 9.17) is 9.57 Å². The number of para-hydroxylation sites is 1. The lowest BCUT2D eigenvalue weighted by atomic mass is 9.99. The van der Waals surface area contributed by atoms with Crippen LogP contribution in [-0.4, -0.2) is 39.5 Å². The summed E-state index contributed by atoms with van der Waals surface area (Å²) in [5, 5.41) is 23.4. The van der Waals surface area contributed by atoms with Crippen molar-refractivity contribution in [3.05, 3.63) is 77.0 Å². The van der Waals surface area contributed by atoms with Crippen molar-refractivity contribution in [2.75, 3.05) is 7.11 Å². The van der Waals surface area contributed by atoms with E-state index in [2.05, 4.69) is 5.16 Å². The van der Waals surface area contributed by atoms with Crippen molar-refractivity contribution < 1.29 is 29.4 Å². The van der Waals surface area contributed by atoms with Crippen LogP contribution in [0.25, 0.3) is 17.0 Å². The van der Waals surface area contributed by atoms with E-state index in [1.807, 2.05) is 42.0 Å². The Balaban J connectivity index is 1.75. The monoisotopic (exact) mass is 434 g/mol. The summed E-state index contributed by atoms with van der Waals surface area (Å²) < 4.78 is 6.78. The summed E-state index contributed by atoms with van der Waals surface area (Å²) in [6.45, 7) is 1.92. The number of hydrogen-bond acceptors (Lipinski definition) is 7. The Labute approximate surface area is 184 Å². The number of carbonyl (C=O) groups excluding carboxylic acids is 2. The Morgan fingerprint density at radius 2 is 1.91 bits per heavy atom. The molecule has 0 amide bonds. The third-order valence-corrected chi connectivity index (χ3v) is 5.41. The van der Waals surface area contributed by atoms with Crippen molar-refractivity contribution >= 4 is 34.6 Å². The first-order chi connectivity index (χ1) is 15.4. The van der Waals surface area contributed by atoms with Crippen LogP contribution in [0.5, 0.6) is 0 Å². The van der Waals surface area contributed by atoms with E-state index in [-0.39, 0.29) is 24.0 Å². The highest BCUT2D eigenvalue weighted by Crippen LogP contribution is 2.30. The Kier molecular flexibility index (Phi) is 5.89. The maximum Gasteiger partial charge on any atom is 0.368 e. The molecule has 1 aromatic heterocycles. The summed E-state index contributed by atoms with van der Waals surface area (Å²) in [6, 6.07) is 13.9. The Morgan fingerprint density at radius 1 is 1.19 bits per heavy atom. The van der Waals surface area contributed by atoms with Crippen molar-refractivity contribution in [1.82, 2.24) is 4.57 Å². The zero-order valence-electron chi connectivity index (χ0n) is 17.6. The summed E-state index contributed by atoms with van der Waals surface area (Å²) in [7, 11) is 1.36. The number of carbonyl (C=O) groups is 2. The first-order valence-electron chi connectivity index (χ1n) is 10.0. The largest absolute Gasteiger partial charge is 0.469 e. The zero-order chi connectivity index (χ0) is 22.8. The van der Waals surface area contributed by atoms with Gasteiger partial charge in [-0.05, 0) is 19.1 Å². The van der Waals surface area contributed by atoms with Gasteiger partial charge in [-0.15, -0.1) is 0 Å². The molecule has 3 aromatic rings. The predicted octanol–water partition coefficient (Wildman–Crippen LogP) is 3.09. The van der Waals surface area contributed by atoms with Gasteiger partial charge in [0.1, 0.15) is 5.71 Å². The summed E-state index contributed by atoms with van der Waals surface area (Å²) in [5.74, 6) is -0.883. The quantitative estimate of drug-likeness (QED) is 0.267. The minimum Gasteiger partial charge on any atom is -0.469 e. The molecule has 1 unspecified atom stereocenters. The first kappa shape index (κ1) is 21.5. The van der Waals surface area contributed by atoms with Gasteiger partial charge >= 0.3 is 11.9 Å². The van der Waals surface area contributed by atoms with Crippen LogP contribution in [0.3, 0.4) is 0 Å². The molecule has 0 saturated heterocycles. The molecular formula is C24H22N2O6. The number of esters is 1. The summed E-state index contributed by atoms with van der Waals surface area (Å²) in [4.78, 5) is 29.1. The van der Waals surface area contributed by atoms with Crippen LogP contribution in [0.2, 0.25) is 0 Å². The number of oxime groups is 1. The molecular weight excluding hydrogens is 412 g/mol. The van der Waals surface area contributed by atoms with Crippen molar-refractivity contribution in [3.8, 4) is 0 Å². The number of hydrogen-bond donors (Lipinski definition) is 2. The third-order valence-electron chi connectivity index (χ3n) is 5.41. The maximum atomic E-state index is 12.4. The number of methoxy groups -OCH3 is 1. The fourth-order valence-electron chi connectivity index (χ4n) is 3.72. The normalized spacial score (nSPS) is 15.8. The average Bonchev–Trinajstić information content (AvgIpc) is 3.35. The second-order valence-corrected chi connectivity index (χ2v) is 7.51. The van der Waals surface area contributed by atoms with Gasteiger partial charge in [0, 0.05) is 39.8 Å². The number of aromatic nitrogens is 1. The van der Waals surface area contributed by atoms with Gasteiger partial charge in [-0.1, -0.05) is 47.6 Å². The molecule has 164 valence electrons. The van der Waals surface area contributed by atoms with E-state index in [9.17, 15) is 19.8 Å².